The topological polar surface area (TPSA) is 32.8 Å². The van der Waals surface area contributed by atoms with E-state index in [9.17, 15) is 4.79 Å². The molecular formula is C19H28N2O2. The first kappa shape index (κ1) is 16.3. The van der Waals surface area contributed by atoms with Crippen LogP contribution in [0.25, 0.3) is 0 Å². The highest BCUT2D eigenvalue weighted by atomic mass is 16.5. The van der Waals surface area contributed by atoms with E-state index < -0.39 is 0 Å². The predicted molar refractivity (Wildman–Crippen MR) is 91.8 cm³/mol. The zero-order valence-electron chi connectivity index (χ0n) is 14.3. The largest absolute Gasteiger partial charge is 0.496 e. The van der Waals surface area contributed by atoms with E-state index in [1.165, 1.54) is 5.56 Å². The van der Waals surface area contributed by atoms with E-state index in [2.05, 4.69) is 24.0 Å². The normalized spacial score (nSPS) is 21.4. The molecule has 0 spiro atoms. The van der Waals surface area contributed by atoms with Crippen molar-refractivity contribution in [2.45, 2.75) is 44.6 Å². The predicted octanol–water partition coefficient (Wildman–Crippen LogP) is 2.89. The zero-order valence-corrected chi connectivity index (χ0v) is 14.3. The van der Waals surface area contributed by atoms with Crippen LogP contribution in [-0.2, 0) is 4.79 Å². The molecule has 0 aromatic heterocycles. The van der Waals surface area contributed by atoms with Gasteiger partial charge in [-0.2, -0.15) is 0 Å². The van der Waals surface area contributed by atoms with Gasteiger partial charge in [0.2, 0.25) is 5.91 Å². The van der Waals surface area contributed by atoms with Crippen molar-refractivity contribution in [3.05, 3.63) is 29.8 Å². The molecule has 0 radical (unpaired) electrons. The summed E-state index contributed by atoms with van der Waals surface area (Å²) in [5, 5.41) is 0. The van der Waals surface area contributed by atoms with Crippen LogP contribution in [0.2, 0.25) is 0 Å². The summed E-state index contributed by atoms with van der Waals surface area (Å²) in [5.74, 6) is 1.85. The fraction of sp³-hybridized carbons (Fsp3) is 0.632. The Hall–Kier alpha value is -1.55. The highest BCUT2D eigenvalue weighted by molar-refractivity contribution is 5.81. The first-order valence-electron chi connectivity index (χ1n) is 8.86. The van der Waals surface area contributed by atoms with Crippen LogP contribution >= 0.6 is 0 Å². The number of ether oxygens (including phenoxy) is 1. The summed E-state index contributed by atoms with van der Waals surface area (Å²) in [5.41, 5.74) is 1.31. The van der Waals surface area contributed by atoms with E-state index in [1.807, 2.05) is 17.0 Å². The Morgan fingerprint density at radius 2 is 1.78 bits per heavy atom. The van der Waals surface area contributed by atoms with Crippen molar-refractivity contribution < 1.29 is 9.53 Å². The zero-order chi connectivity index (χ0) is 16.2. The van der Waals surface area contributed by atoms with Gasteiger partial charge in [0.15, 0.2) is 0 Å². The smallest absolute Gasteiger partial charge is 0.239 e. The van der Waals surface area contributed by atoms with Gasteiger partial charge in [0, 0.05) is 13.1 Å². The molecule has 4 nitrogen and oxygen atoms in total. The van der Waals surface area contributed by atoms with E-state index in [4.69, 9.17) is 4.74 Å². The van der Waals surface area contributed by atoms with Crippen LogP contribution in [0.15, 0.2) is 24.3 Å². The number of rotatable bonds is 4. The average Bonchev–Trinajstić information content (AvgIpc) is 3.15. The van der Waals surface area contributed by atoms with E-state index in [0.717, 1.165) is 57.6 Å². The van der Waals surface area contributed by atoms with Gasteiger partial charge < -0.3 is 9.64 Å². The fourth-order valence-corrected chi connectivity index (χ4v) is 3.96. The molecule has 4 heteroatoms. The summed E-state index contributed by atoms with van der Waals surface area (Å²) in [6.07, 6.45) is 4.51. The number of hydrogen-bond donors (Lipinski definition) is 0. The molecule has 23 heavy (non-hydrogen) atoms. The minimum absolute atomic E-state index is 0.0201. The summed E-state index contributed by atoms with van der Waals surface area (Å²) in [7, 11) is 1.74. The van der Waals surface area contributed by atoms with Gasteiger partial charge in [-0.15, -0.1) is 0 Å². The number of carbonyl (C=O) groups excluding carboxylic acids is 1. The van der Waals surface area contributed by atoms with Gasteiger partial charge in [-0.05, 0) is 63.2 Å². The highest BCUT2D eigenvalue weighted by Gasteiger charge is 2.31. The molecule has 2 aliphatic rings. The van der Waals surface area contributed by atoms with Gasteiger partial charge in [0.25, 0.3) is 0 Å². The van der Waals surface area contributed by atoms with E-state index in [0.29, 0.717) is 11.8 Å². The molecular weight excluding hydrogens is 288 g/mol. The van der Waals surface area contributed by atoms with Gasteiger partial charge in [-0.3, -0.25) is 9.69 Å². The Morgan fingerprint density at radius 3 is 2.43 bits per heavy atom. The first-order valence-corrected chi connectivity index (χ1v) is 8.86. The van der Waals surface area contributed by atoms with E-state index in [1.54, 1.807) is 7.11 Å². The molecule has 0 saturated carbocycles. The first-order chi connectivity index (χ1) is 11.2. The second kappa shape index (κ2) is 7.35. The lowest BCUT2D eigenvalue weighted by Gasteiger charge is -2.37. The van der Waals surface area contributed by atoms with E-state index >= 15 is 0 Å². The highest BCUT2D eigenvalue weighted by Crippen LogP contribution is 2.34. The molecule has 2 aliphatic heterocycles. The quantitative estimate of drug-likeness (QED) is 0.856. The number of para-hydroxylation sites is 1. The Kier molecular flexibility index (Phi) is 5.21. The summed E-state index contributed by atoms with van der Waals surface area (Å²) in [6, 6.07) is 8.35. The number of nitrogens with zero attached hydrogens (tertiary/aromatic N) is 2. The van der Waals surface area contributed by atoms with Crippen LogP contribution in [0.5, 0.6) is 5.75 Å². The number of likely N-dealkylation sites (tertiary alicyclic amines) is 2. The van der Waals surface area contributed by atoms with Crippen LogP contribution in [0.4, 0.5) is 0 Å². The van der Waals surface area contributed by atoms with Gasteiger partial charge in [-0.1, -0.05) is 18.2 Å². The molecule has 126 valence electrons. The maximum absolute atomic E-state index is 12.6. The lowest BCUT2D eigenvalue weighted by atomic mass is 9.88. The second-order valence-corrected chi connectivity index (χ2v) is 6.76. The van der Waals surface area contributed by atoms with Crippen molar-refractivity contribution in [3.63, 3.8) is 0 Å². The minimum Gasteiger partial charge on any atom is -0.496 e. The molecule has 2 saturated heterocycles. The Balaban J connectivity index is 1.58. The van der Waals surface area contributed by atoms with Gasteiger partial charge in [-0.25, -0.2) is 0 Å². The fourth-order valence-electron chi connectivity index (χ4n) is 3.96. The Morgan fingerprint density at radius 1 is 1.13 bits per heavy atom. The number of amides is 1. The second-order valence-electron chi connectivity index (χ2n) is 6.76. The van der Waals surface area contributed by atoms with Crippen molar-refractivity contribution in [2.24, 2.45) is 0 Å². The molecule has 1 amide bonds. The van der Waals surface area contributed by atoms with Gasteiger partial charge in [0.1, 0.15) is 5.75 Å². The minimum atomic E-state index is 0.0201. The van der Waals surface area contributed by atoms with Crippen molar-refractivity contribution in [1.82, 2.24) is 9.80 Å². The molecule has 2 heterocycles. The van der Waals surface area contributed by atoms with Gasteiger partial charge >= 0.3 is 0 Å². The van der Waals surface area contributed by atoms with Crippen molar-refractivity contribution in [3.8, 4) is 5.75 Å². The van der Waals surface area contributed by atoms with Crippen molar-refractivity contribution >= 4 is 5.91 Å². The van der Waals surface area contributed by atoms with Crippen molar-refractivity contribution in [1.29, 1.82) is 0 Å². The van der Waals surface area contributed by atoms with Crippen LogP contribution in [-0.4, -0.2) is 55.0 Å². The number of piperidine rings is 1. The lowest BCUT2D eigenvalue weighted by molar-refractivity contribution is -0.135. The third-order valence-electron chi connectivity index (χ3n) is 5.43. The maximum Gasteiger partial charge on any atom is 0.239 e. The molecule has 0 aliphatic carbocycles. The molecule has 1 atom stereocenters. The molecule has 0 N–H and O–H groups in total. The summed E-state index contributed by atoms with van der Waals surface area (Å²) < 4.78 is 5.50. The monoisotopic (exact) mass is 316 g/mol. The molecule has 1 aromatic rings. The van der Waals surface area contributed by atoms with Crippen LogP contribution in [0.3, 0.4) is 0 Å². The Labute approximate surface area is 139 Å². The summed E-state index contributed by atoms with van der Waals surface area (Å²) in [6.45, 7) is 5.94. The number of benzene rings is 1. The van der Waals surface area contributed by atoms with Crippen molar-refractivity contribution in [2.75, 3.05) is 33.3 Å². The number of hydrogen-bond acceptors (Lipinski definition) is 3. The number of methoxy groups -OCH3 is 1. The van der Waals surface area contributed by atoms with E-state index in [-0.39, 0.29) is 6.04 Å². The van der Waals surface area contributed by atoms with Gasteiger partial charge in [0.05, 0.1) is 13.2 Å². The summed E-state index contributed by atoms with van der Waals surface area (Å²) >= 11 is 0. The SMILES string of the molecule is COc1ccccc1C1CCN(C(C)C(=O)N2CCCC2)CC1. The number of carbonyl (C=O) groups is 1. The molecule has 1 aromatic carbocycles. The lowest BCUT2D eigenvalue weighted by Crippen LogP contribution is -2.48. The standard InChI is InChI=1S/C19H28N2O2/c1-15(19(22)21-11-5-6-12-21)20-13-9-16(10-14-20)17-7-3-4-8-18(17)23-2/h3-4,7-8,15-16H,5-6,9-14H2,1-2H3. The van der Waals surface area contributed by atoms with Crippen LogP contribution < -0.4 is 4.74 Å². The molecule has 2 fully saturated rings. The molecule has 0 bridgehead atoms. The maximum atomic E-state index is 12.6. The molecule has 3 rings (SSSR count). The van der Waals surface area contributed by atoms with Crippen LogP contribution in [0.1, 0.15) is 44.1 Å². The third kappa shape index (κ3) is 3.52. The molecule has 1 unspecified atom stereocenters. The Bertz CT molecular complexity index is 532. The van der Waals surface area contributed by atoms with Crippen LogP contribution in [0, 0.1) is 0 Å². The third-order valence-corrected chi connectivity index (χ3v) is 5.43. The summed E-state index contributed by atoms with van der Waals surface area (Å²) in [4.78, 5) is 17.0. The average molecular weight is 316 g/mol.